The van der Waals surface area contributed by atoms with E-state index in [1.165, 1.54) is 29.2 Å². The number of hydrogen-bond acceptors (Lipinski definition) is 4. The number of nitrogens with one attached hydrogen (secondary N) is 1. The van der Waals surface area contributed by atoms with E-state index in [9.17, 15) is 19.2 Å². The van der Waals surface area contributed by atoms with Crippen molar-refractivity contribution in [3.05, 3.63) is 71.3 Å². The van der Waals surface area contributed by atoms with E-state index >= 15 is 0 Å². The highest BCUT2D eigenvalue weighted by atomic mass is 16.4. The maximum atomic E-state index is 12.9. The maximum absolute atomic E-state index is 12.9. The van der Waals surface area contributed by atoms with Gasteiger partial charge in [-0.3, -0.25) is 19.3 Å². The summed E-state index contributed by atoms with van der Waals surface area (Å²) >= 11 is 0. The van der Waals surface area contributed by atoms with Gasteiger partial charge < -0.3 is 10.4 Å². The minimum atomic E-state index is -1.09. The molecule has 2 N–H and O–H groups in total. The Labute approximate surface area is 173 Å². The molecule has 1 aliphatic heterocycles. The summed E-state index contributed by atoms with van der Waals surface area (Å²) in [6.07, 6.45) is 3.13. The van der Waals surface area contributed by atoms with Crippen molar-refractivity contribution in [1.29, 1.82) is 0 Å². The van der Waals surface area contributed by atoms with Crippen LogP contribution in [0.3, 0.4) is 0 Å². The summed E-state index contributed by atoms with van der Waals surface area (Å²) in [4.78, 5) is 50.7. The number of hydrogen-bond donors (Lipinski definition) is 2. The Morgan fingerprint density at radius 3 is 2.47 bits per heavy atom. The van der Waals surface area contributed by atoms with Gasteiger partial charge >= 0.3 is 5.97 Å². The first-order valence-corrected chi connectivity index (χ1v) is 9.63. The van der Waals surface area contributed by atoms with Crippen molar-refractivity contribution in [3.8, 4) is 0 Å². The van der Waals surface area contributed by atoms with Crippen molar-refractivity contribution < 1.29 is 24.3 Å². The molecule has 1 saturated heterocycles. The number of carbonyl (C=O) groups is 4. The molecule has 4 rings (SSSR count). The molecule has 7 heteroatoms. The second-order valence-electron chi connectivity index (χ2n) is 7.61. The smallest absolute Gasteiger partial charge is 0.335 e. The van der Waals surface area contributed by atoms with E-state index in [2.05, 4.69) is 5.32 Å². The third kappa shape index (κ3) is 3.50. The fourth-order valence-corrected chi connectivity index (χ4v) is 4.01. The first-order chi connectivity index (χ1) is 14.3. The molecule has 30 heavy (non-hydrogen) atoms. The van der Waals surface area contributed by atoms with Crippen molar-refractivity contribution in [1.82, 2.24) is 0 Å². The first kappa shape index (κ1) is 19.6. The number of nitrogens with zero attached hydrogens (tertiary/aromatic N) is 1. The van der Waals surface area contributed by atoms with Crippen LogP contribution in [0.5, 0.6) is 0 Å². The second-order valence-corrected chi connectivity index (χ2v) is 7.61. The van der Waals surface area contributed by atoms with Gasteiger partial charge in [-0.05, 0) is 56.2 Å². The topological polar surface area (TPSA) is 104 Å². The lowest BCUT2D eigenvalue weighted by Crippen LogP contribution is -2.31. The van der Waals surface area contributed by atoms with Gasteiger partial charge in [0, 0.05) is 11.3 Å². The van der Waals surface area contributed by atoms with E-state index < -0.39 is 11.9 Å². The van der Waals surface area contributed by atoms with Crippen molar-refractivity contribution >= 4 is 35.1 Å². The predicted molar refractivity (Wildman–Crippen MR) is 110 cm³/mol. The zero-order valence-corrected chi connectivity index (χ0v) is 16.3. The standard InChI is InChI=1S/C23H20N2O5/c1-13-8-9-18-19(10-13)22(28)25(21(18)27)17-7-3-4-14(12-17)20(26)24-16-6-2-5-15(11-16)23(29)30/h2-8,11-12,18-19H,9-10H2,1H3,(H,24,26)(H,29,30)/t18-,19+/m1/s1. The van der Waals surface area contributed by atoms with Crippen molar-refractivity contribution in [3.63, 3.8) is 0 Å². The Kier molecular flexibility index (Phi) is 4.95. The fraction of sp³-hybridized carbons (Fsp3) is 0.217. The molecule has 7 nitrogen and oxygen atoms in total. The molecule has 1 aliphatic carbocycles. The third-order valence-corrected chi connectivity index (χ3v) is 5.56. The van der Waals surface area contributed by atoms with Crippen molar-refractivity contribution in [2.45, 2.75) is 19.8 Å². The summed E-state index contributed by atoms with van der Waals surface area (Å²) in [6.45, 7) is 1.96. The largest absolute Gasteiger partial charge is 0.478 e. The molecule has 0 saturated carbocycles. The molecule has 1 fully saturated rings. The van der Waals surface area contributed by atoms with E-state index in [-0.39, 0.29) is 34.8 Å². The molecule has 2 atom stereocenters. The second kappa shape index (κ2) is 7.59. The lowest BCUT2D eigenvalue weighted by molar-refractivity contribution is -0.122. The zero-order chi connectivity index (χ0) is 21.4. The SMILES string of the molecule is CC1=CC[C@H]2C(=O)N(c3cccc(C(=O)Nc4cccc(C(=O)O)c4)c3)C(=O)[C@H]2C1. The van der Waals surface area contributed by atoms with Gasteiger partial charge in [0.15, 0.2) is 0 Å². The van der Waals surface area contributed by atoms with Gasteiger partial charge in [-0.25, -0.2) is 4.79 Å². The zero-order valence-electron chi connectivity index (χ0n) is 16.3. The number of carbonyl (C=O) groups excluding carboxylic acids is 3. The molecule has 2 aliphatic rings. The van der Waals surface area contributed by atoms with Gasteiger partial charge in [-0.15, -0.1) is 0 Å². The van der Waals surface area contributed by atoms with Crippen LogP contribution >= 0.6 is 0 Å². The van der Waals surface area contributed by atoms with Gasteiger partial charge in [-0.1, -0.05) is 23.8 Å². The molecule has 0 spiro atoms. The van der Waals surface area contributed by atoms with Gasteiger partial charge in [-0.2, -0.15) is 0 Å². The number of aromatic carboxylic acids is 1. The van der Waals surface area contributed by atoms with Gasteiger partial charge in [0.05, 0.1) is 23.1 Å². The van der Waals surface area contributed by atoms with Crippen LogP contribution in [-0.4, -0.2) is 28.8 Å². The van der Waals surface area contributed by atoms with Crippen molar-refractivity contribution in [2.24, 2.45) is 11.8 Å². The van der Waals surface area contributed by atoms with Gasteiger partial charge in [0.1, 0.15) is 0 Å². The summed E-state index contributed by atoms with van der Waals surface area (Å²) < 4.78 is 0. The van der Waals surface area contributed by atoms with Crippen LogP contribution in [0.4, 0.5) is 11.4 Å². The van der Waals surface area contributed by atoms with Gasteiger partial charge in [0.25, 0.3) is 5.91 Å². The van der Waals surface area contributed by atoms with Crippen LogP contribution in [0.1, 0.15) is 40.5 Å². The van der Waals surface area contributed by atoms with E-state index in [1.54, 1.807) is 24.3 Å². The summed E-state index contributed by atoms with van der Waals surface area (Å²) in [5.74, 6) is -2.72. The highest BCUT2D eigenvalue weighted by Crippen LogP contribution is 2.39. The van der Waals surface area contributed by atoms with E-state index in [1.807, 2.05) is 13.0 Å². The Morgan fingerprint density at radius 1 is 1.00 bits per heavy atom. The Balaban J connectivity index is 1.57. The fourth-order valence-electron chi connectivity index (χ4n) is 4.01. The molecule has 2 aromatic rings. The monoisotopic (exact) mass is 404 g/mol. The molecule has 2 aromatic carbocycles. The number of carboxylic acid groups (broad SMARTS) is 1. The van der Waals surface area contributed by atoms with E-state index in [4.69, 9.17) is 5.11 Å². The summed E-state index contributed by atoms with van der Waals surface area (Å²) in [5, 5.41) is 11.7. The van der Waals surface area contributed by atoms with Crippen molar-refractivity contribution in [2.75, 3.05) is 10.2 Å². The molecule has 0 aromatic heterocycles. The van der Waals surface area contributed by atoms with Crippen LogP contribution in [0.2, 0.25) is 0 Å². The summed E-state index contributed by atoms with van der Waals surface area (Å²) in [6, 6.07) is 12.2. The number of amides is 3. The number of allylic oxidation sites excluding steroid dienone is 2. The minimum absolute atomic E-state index is 0.0568. The number of anilines is 2. The molecule has 3 amide bonds. The molecule has 152 valence electrons. The molecule has 0 radical (unpaired) electrons. The van der Waals surface area contributed by atoms with Gasteiger partial charge in [0.2, 0.25) is 11.8 Å². The van der Waals surface area contributed by atoms with E-state index in [0.717, 1.165) is 5.57 Å². The molecule has 0 bridgehead atoms. The van der Waals surface area contributed by atoms with Crippen LogP contribution < -0.4 is 10.2 Å². The Bertz CT molecular complexity index is 1100. The molecular weight excluding hydrogens is 384 g/mol. The molecule has 0 unspecified atom stereocenters. The first-order valence-electron chi connectivity index (χ1n) is 9.63. The third-order valence-electron chi connectivity index (χ3n) is 5.56. The number of benzene rings is 2. The quantitative estimate of drug-likeness (QED) is 0.600. The number of rotatable bonds is 4. The lowest BCUT2D eigenvalue weighted by Gasteiger charge is -2.18. The number of carboxylic acids is 1. The summed E-state index contributed by atoms with van der Waals surface area (Å²) in [7, 11) is 0. The average molecular weight is 404 g/mol. The Morgan fingerprint density at radius 2 is 1.70 bits per heavy atom. The number of fused-ring (bicyclic) bond motifs is 1. The molecule has 1 heterocycles. The summed E-state index contributed by atoms with van der Waals surface area (Å²) in [5.41, 5.74) is 2.13. The lowest BCUT2D eigenvalue weighted by atomic mass is 9.82. The Hall–Kier alpha value is -3.74. The number of imide groups is 1. The highest BCUT2D eigenvalue weighted by molar-refractivity contribution is 6.22. The van der Waals surface area contributed by atoms with Crippen LogP contribution in [0.15, 0.2) is 60.2 Å². The normalized spacial score (nSPS) is 20.6. The average Bonchev–Trinajstić information content (AvgIpc) is 2.98. The van der Waals surface area contributed by atoms with Crippen LogP contribution in [-0.2, 0) is 9.59 Å². The minimum Gasteiger partial charge on any atom is -0.478 e. The van der Waals surface area contributed by atoms with Crippen LogP contribution in [0.25, 0.3) is 0 Å². The maximum Gasteiger partial charge on any atom is 0.335 e. The van der Waals surface area contributed by atoms with Crippen LogP contribution in [0, 0.1) is 11.8 Å². The molecular formula is C23H20N2O5. The van der Waals surface area contributed by atoms with E-state index in [0.29, 0.717) is 24.2 Å². The predicted octanol–water partition coefficient (Wildman–Crippen LogP) is 3.48. The highest BCUT2D eigenvalue weighted by Gasteiger charge is 2.48.